The molecule has 0 aliphatic carbocycles. The van der Waals surface area contributed by atoms with E-state index in [1.807, 2.05) is 0 Å². The number of halogens is 2. The summed E-state index contributed by atoms with van der Waals surface area (Å²) in [6, 6.07) is 9.61. The number of alkyl halides is 2. The molecule has 1 N–H and O–H groups in total. The summed E-state index contributed by atoms with van der Waals surface area (Å²) in [5.74, 6) is 0.0928. The van der Waals surface area contributed by atoms with Crippen LogP contribution in [-0.2, 0) is 6.61 Å². The summed E-state index contributed by atoms with van der Waals surface area (Å²) in [7, 11) is 0. The molecule has 0 unspecified atom stereocenters. The average molecular weight is 251 g/mol. The monoisotopic (exact) mass is 251 g/mol. The van der Waals surface area contributed by atoms with E-state index in [0.717, 1.165) is 5.56 Å². The molecule has 1 aromatic heterocycles. The Labute approximate surface area is 103 Å². The van der Waals surface area contributed by atoms with Crippen LogP contribution in [0.2, 0.25) is 0 Å². The van der Waals surface area contributed by atoms with Crippen LogP contribution in [-0.4, -0.2) is 16.7 Å². The Morgan fingerprint density at radius 1 is 1.17 bits per heavy atom. The van der Waals surface area contributed by atoms with E-state index >= 15 is 0 Å². The highest BCUT2D eigenvalue weighted by Gasteiger charge is 2.07. The van der Waals surface area contributed by atoms with Crippen LogP contribution in [0.1, 0.15) is 5.56 Å². The standard InChI is InChI=1S/C13H11F2NO2/c14-13(15)18-11-5-3-9(4-6-11)12-10(8-17)2-1-7-16-12/h1-7,13,17H,8H2. The molecule has 2 rings (SSSR count). The molecule has 1 aromatic carbocycles. The fourth-order valence-electron chi connectivity index (χ4n) is 1.62. The van der Waals surface area contributed by atoms with Gasteiger partial charge in [0.25, 0.3) is 0 Å². The lowest BCUT2D eigenvalue weighted by molar-refractivity contribution is -0.0498. The number of hydrogen-bond acceptors (Lipinski definition) is 3. The topological polar surface area (TPSA) is 42.4 Å². The lowest BCUT2D eigenvalue weighted by Crippen LogP contribution is -2.01. The molecule has 94 valence electrons. The molecule has 0 radical (unpaired) electrons. The van der Waals surface area contributed by atoms with E-state index in [9.17, 15) is 13.9 Å². The average Bonchev–Trinajstić information content (AvgIpc) is 2.39. The zero-order valence-electron chi connectivity index (χ0n) is 9.38. The molecule has 0 aliphatic heterocycles. The Kier molecular flexibility index (Phi) is 3.84. The molecule has 2 aromatic rings. The van der Waals surface area contributed by atoms with Crippen LogP contribution in [0.4, 0.5) is 8.78 Å². The van der Waals surface area contributed by atoms with Crippen LogP contribution in [0, 0.1) is 0 Å². The van der Waals surface area contributed by atoms with Gasteiger partial charge in [-0.3, -0.25) is 4.98 Å². The second kappa shape index (κ2) is 5.55. The van der Waals surface area contributed by atoms with Gasteiger partial charge in [-0.2, -0.15) is 8.78 Å². The summed E-state index contributed by atoms with van der Waals surface area (Å²) < 4.78 is 28.2. The number of benzene rings is 1. The largest absolute Gasteiger partial charge is 0.435 e. The molecule has 0 saturated carbocycles. The molecule has 0 spiro atoms. The molecule has 0 atom stereocenters. The maximum atomic E-state index is 12.0. The smallest absolute Gasteiger partial charge is 0.387 e. The Hall–Kier alpha value is -2.01. The van der Waals surface area contributed by atoms with Gasteiger partial charge in [-0.25, -0.2) is 0 Å². The van der Waals surface area contributed by atoms with Crippen molar-refractivity contribution >= 4 is 0 Å². The number of aliphatic hydroxyl groups is 1. The number of aromatic nitrogens is 1. The molecule has 0 aliphatic rings. The van der Waals surface area contributed by atoms with Crippen LogP contribution in [0.5, 0.6) is 5.75 Å². The van der Waals surface area contributed by atoms with E-state index in [1.165, 1.54) is 12.1 Å². The third kappa shape index (κ3) is 2.81. The number of pyridine rings is 1. The third-order valence-electron chi connectivity index (χ3n) is 2.41. The number of rotatable bonds is 4. The minimum Gasteiger partial charge on any atom is -0.435 e. The van der Waals surface area contributed by atoms with Crippen LogP contribution >= 0.6 is 0 Å². The lowest BCUT2D eigenvalue weighted by Gasteiger charge is -2.08. The van der Waals surface area contributed by atoms with E-state index in [-0.39, 0.29) is 12.4 Å². The van der Waals surface area contributed by atoms with Crippen molar-refractivity contribution in [2.45, 2.75) is 13.2 Å². The van der Waals surface area contributed by atoms with Gasteiger partial charge in [0, 0.05) is 17.3 Å². The van der Waals surface area contributed by atoms with Crippen molar-refractivity contribution in [1.82, 2.24) is 4.98 Å². The molecule has 0 amide bonds. The molecular weight excluding hydrogens is 240 g/mol. The minimum atomic E-state index is -2.83. The van der Waals surface area contributed by atoms with Crippen molar-refractivity contribution in [2.75, 3.05) is 0 Å². The first-order chi connectivity index (χ1) is 8.70. The minimum absolute atomic E-state index is 0.0928. The normalized spacial score (nSPS) is 10.7. The van der Waals surface area contributed by atoms with Gasteiger partial charge in [0.15, 0.2) is 0 Å². The summed E-state index contributed by atoms with van der Waals surface area (Å²) in [6.45, 7) is -2.96. The van der Waals surface area contributed by atoms with Crippen molar-refractivity contribution < 1.29 is 18.6 Å². The number of nitrogens with zero attached hydrogens (tertiary/aromatic N) is 1. The Balaban J connectivity index is 2.28. The second-order valence-corrected chi connectivity index (χ2v) is 3.57. The highest BCUT2D eigenvalue weighted by molar-refractivity contribution is 5.63. The first-order valence-electron chi connectivity index (χ1n) is 5.30. The zero-order valence-corrected chi connectivity index (χ0v) is 9.38. The van der Waals surface area contributed by atoms with Crippen LogP contribution in [0.15, 0.2) is 42.6 Å². The molecule has 3 nitrogen and oxygen atoms in total. The van der Waals surface area contributed by atoms with Gasteiger partial charge >= 0.3 is 6.61 Å². The van der Waals surface area contributed by atoms with Crippen molar-refractivity contribution in [3.8, 4) is 17.0 Å². The number of aliphatic hydroxyl groups excluding tert-OH is 1. The summed E-state index contributed by atoms with van der Waals surface area (Å²) in [6.07, 6.45) is 1.61. The predicted molar refractivity (Wildman–Crippen MR) is 62.2 cm³/mol. The first-order valence-corrected chi connectivity index (χ1v) is 5.30. The van der Waals surface area contributed by atoms with Gasteiger partial charge in [0.2, 0.25) is 0 Å². The highest BCUT2D eigenvalue weighted by atomic mass is 19.3. The second-order valence-electron chi connectivity index (χ2n) is 3.57. The summed E-state index contributed by atoms with van der Waals surface area (Å²) in [5, 5.41) is 9.19. The van der Waals surface area contributed by atoms with Crippen molar-refractivity contribution in [3.63, 3.8) is 0 Å². The van der Waals surface area contributed by atoms with E-state index in [1.54, 1.807) is 30.5 Å². The SMILES string of the molecule is OCc1cccnc1-c1ccc(OC(F)F)cc1. The fourth-order valence-corrected chi connectivity index (χ4v) is 1.62. The summed E-state index contributed by atoms with van der Waals surface area (Å²) >= 11 is 0. The molecular formula is C13H11F2NO2. The lowest BCUT2D eigenvalue weighted by atomic mass is 10.1. The fraction of sp³-hybridized carbons (Fsp3) is 0.154. The molecule has 1 heterocycles. The summed E-state index contributed by atoms with van der Waals surface area (Å²) in [5.41, 5.74) is 2.05. The van der Waals surface area contributed by atoms with Crippen LogP contribution < -0.4 is 4.74 Å². The third-order valence-corrected chi connectivity index (χ3v) is 2.41. The quantitative estimate of drug-likeness (QED) is 0.908. The highest BCUT2D eigenvalue weighted by Crippen LogP contribution is 2.24. The van der Waals surface area contributed by atoms with Gasteiger partial charge < -0.3 is 9.84 Å². The molecule has 0 saturated heterocycles. The zero-order chi connectivity index (χ0) is 13.0. The maximum absolute atomic E-state index is 12.0. The van der Waals surface area contributed by atoms with Crippen LogP contribution in [0.25, 0.3) is 11.3 Å². The predicted octanol–water partition coefficient (Wildman–Crippen LogP) is 2.84. The van der Waals surface area contributed by atoms with Gasteiger partial charge in [-0.1, -0.05) is 6.07 Å². The van der Waals surface area contributed by atoms with Crippen molar-refractivity contribution in [2.24, 2.45) is 0 Å². The Morgan fingerprint density at radius 2 is 1.89 bits per heavy atom. The maximum Gasteiger partial charge on any atom is 0.387 e. The van der Waals surface area contributed by atoms with E-state index in [2.05, 4.69) is 9.72 Å². The Morgan fingerprint density at radius 3 is 2.50 bits per heavy atom. The molecule has 0 bridgehead atoms. The van der Waals surface area contributed by atoms with Gasteiger partial charge in [0.05, 0.1) is 12.3 Å². The Bertz CT molecular complexity index is 515. The molecule has 18 heavy (non-hydrogen) atoms. The number of ether oxygens (including phenoxy) is 1. The van der Waals surface area contributed by atoms with Gasteiger partial charge in [0.1, 0.15) is 5.75 Å². The number of hydrogen-bond donors (Lipinski definition) is 1. The van der Waals surface area contributed by atoms with Gasteiger partial charge in [-0.05, 0) is 30.3 Å². The van der Waals surface area contributed by atoms with E-state index in [4.69, 9.17) is 0 Å². The molecule has 5 heteroatoms. The first kappa shape index (κ1) is 12.4. The van der Waals surface area contributed by atoms with E-state index in [0.29, 0.717) is 11.3 Å². The van der Waals surface area contributed by atoms with Crippen LogP contribution in [0.3, 0.4) is 0 Å². The summed E-state index contributed by atoms with van der Waals surface area (Å²) in [4.78, 5) is 4.16. The van der Waals surface area contributed by atoms with E-state index < -0.39 is 6.61 Å². The van der Waals surface area contributed by atoms with Gasteiger partial charge in [-0.15, -0.1) is 0 Å². The van der Waals surface area contributed by atoms with Crippen molar-refractivity contribution in [1.29, 1.82) is 0 Å². The molecule has 0 fully saturated rings. The van der Waals surface area contributed by atoms with Crippen molar-refractivity contribution in [3.05, 3.63) is 48.2 Å².